The predicted molar refractivity (Wildman–Crippen MR) is 130 cm³/mol. The number of unbranched alkanes of at least 4 members (excludes halogenated alkanes) is 2. The lowest BCUT2D eigenvalue weighted by molar-refractivity contribution is -0.123. The molecule has 2 heterocycles. The number of carbonyl (C=O) groups is 1. The predicted octanol–water partition coefficient (Wildman–Crippen LogP) is 6.06. The Kier molecular flexibility index (Phi) is 6.50. The largest absolute Gasteiger partial charge is 0.425 e. The van der Waals surface area contributed by atoms with Crippen molar-refractivity contribution >= 4 is 11.6 Å². The van der Waals surface area contributed by atoms with Crippen LogP contribution in [0.3, 0.4) is 0 Å². The summed E-state index contributed by atoms with van der Waals surface area (Å²) in [7, 11) is 0. The van der Waals surface area contributed by atoms with E-state index in [2.05, 4.69) is 20.4 Å². The second kappa shape index (κ2) is 9.95. The summed E-state index contributed by atoms with van der Waals surface area (Å²) in [6, 6.07) is 7.38. The third-order valence-corrected chi connectivity index (χ3v) is 7.47. The maximum atomic E-state index is 13.9. The molecular formula is C27H31F2N5O3. The van der Waals surface area contributed by atoms with Crippen LogP contribution in [-0.2, 0) is 11.2 Å². The van der Waals surface area contributed by atoms with Crippen LogP contribution in [-0.4, -0.2) is 38.8 Å². The second-order valence-corrected chi connectivity index (χ2v) is 10.7. The van der Waals surface area contributed by atoms with Gasteiger partial charge in [0.15, 0.2) is 0 Å². The van der Waals surface area contributed by atoms with Crippen LogP contribution in [0.2, 0.25) is 0 Å². The number of alkyl halides is 2. The van der Waals surface area contributed by atoms with Crippen molar-refractivity contribution in [3.63, 3.8) is 0 Å². The van der Waals surface area contributed by atoms with Crippen molar-refractivity contribution in [2.75, 3.05) is 11.4 Å². The van der Waals surface area contributed by atoms with Crippen molar-refractivity contribution < 1.29 is 22.4 Å². The molecule has 0 radical (unpaired) electrons. The van der Waals surface area contributed by atoms with Gasteiger partial charge in [0, 0.05) is 54.8 Å². The maximum Gasteiger partial charge on any atom is 0.248 e. The molecule has 0 bridgehead atoms. The maximum absolute atomic E-state index is 13.9. The van der Waals surface area contributed by atoms with E-state index in [9.17, 15) is 13.6 Å². The Morgan fingerprint density at radius 3 is 2.43 bits per heavy atom. The van der Waals surface area contributed by atoms with Crippen molar-refractivity contribution in [1.29, 1.82) is 0 Å². The molecule has 1 unspecified atom stereocenters. The second-order valence-electron chi connectivity index (χ2n) is 10.7. The van der Waals surface area contributed by atoms with Crippen LogP contribution in [0.4, 0.5) is 14.5 Å². The molecule has 0 saturated heterocycles. The quantitative estimate of drug-likeness (QED) is 0.289. The Balaban J connectivity index is 1.12. The van der Waals surface area contributed by atoms with E-state index in [1.807, 2.05) is 24.3 Å². The first-order valence-corrected chi connectivity index (χ1v) is 13.4. The molecule has 196 valence electrons. The first-order chi connectivity index (χ1) is 17.9. The summed E-state index contributed by atoms with van der Waals surface area (Å²) in [5, 5.41) is 16.6. The van der Waals surface area contributed by atoms with Gasteiger partial charge in [0.25, 0.3) is 0 Å². The minimum Gasteiger partial charge on any atom is -0.425 e. The lowest BCUT2D eigenvalue weighted by Gasteiger charge is -2.26. The molecule has 1 aromatic carbocycles. The number of benzene rings is 1. The summed E-state index contributed by atoms with van der Waals surface area (Å²) < 4.78 is 39.4. The summed E-state index contributed by atoms with van der Waals surface area (Å²) in [5.74, 6) is -0.467. The summed E-state index contributed by atoms with van der Waals surface area (Å²) in [6.07, 6.45) is 7.05. The fraction of sp³-hybridized carbons (Fsp3) is 0.593. The molecule has 3 fully saturated rings. The molecular weight excluding hydrogens is 480 g/mol. The van der Waals surface area contributed by atoms with Crippen molar-refractivity contribution in [2.45, 2.75) is 88.4 Å². The van der Waals surface area contributed by atoms with E-state index < -0.39 is 18.3 Å². The molecule has 0 aliphatic heterocycles. The number of anilines is 1. The zero-order valence-corrected chi connectivity index (χ0v) is 20.7. The minimum atomic E-state index is -2.78. The number of aromatic nitrogens is 4. The number of amides is 1. The molecule has 1 atom stereocenters. The highest BCUT2D eigenvalue weighted by Crippen LogP contribution is 2.42. The van der Waals surface area contributed by atoms with Crippen LogP contribution in [0.5, 0.6) is 0 Å². The average molecular weight is 512 g/mol. The molecule has 0 N–H and O–H groups in total. The molecule has 37 heavy (non-hydrogen) atoms. The fourth-order valence-electron chi connectivity index (χ4n) is 4.99. The fourth-order valence-corrected chi connectivity index (χ4v) is 4.99. The molecule has 3 saturated carbocycles. The molecule has 3 aliphatic rings. The highest BCUT2D eigenvalue weighted by Gasteiger charge is 2.44. The van der Waals surface area contributed by atoms with Gasteiger partial charge in [0.2, 0.25) is 35.4 Å². The van der Waals surface area contributed by atoms with Gasteiger partial charge < -0.3 is 13.7 Å². The molecule has 0 spiro atoms. The van der Waals surface area contributed by atoms with Crippen LogP contribution in [0.1, 0.15) is 93.7 Å². The van der Waals surface area contributed by atoms with Gasteiger partial charge in [-0.25, -0.2) is 8.78 Å². The van der Waals surface area contributed by atoms with Crippen molar-refractivity contribution in [1.82, 2.24) is 20.4 Å². The van der Waals surface area contributed by atoms with Crippen LogP contribution in [0, 0.1) is 5.92 Å². The van der Waals surface area contributed by atoms with Gasteiger partial charge in [-0.2, -0.15) is 0 Å². The van der Waals surface area contributed by atoms with E-state index in [1.54, 1.807) is 4.90 Å². The summed E-state index contributed by atoms with van der Waals surface area (Å²) in [6.45, 7) is 0.443. The molecule has 3 aromatic rings. The Morgan fingerprint density at radius 1 is 0.946 bits per heavy atom. The molecule has 10 heteroatoms. The van der Waals surface area contributed by atoms with Gasteiger partial charge in [-0.1, -0.05) is 12.5 Å². The van der Waals surface area contributed by atoms with Crippen molar-refractivity contribution in [3.05, 3.63) is 41.9 Å². The third-order valence-electron chi connectivity index (χ3n) is 7.47. The van der Waals surface area contributed by atoms with Gasteiger partial charge in [-0.05, 0) is 63.1 Å². The Labute approximate surface area is 213 Å². The summed E-state index contributed by atoms with van der Waals surface area (Å²) >= 11 is 0. The van der Waals surface area contributed by atoms with Crippen molar-refractivity contribution in [2.24, 2.45) is 5.92 Å². The van der Waals surface area contributed by atoms with E-state index in [1.165, 1.54) is 0 Å². The van der Waals surface area contributed by atoms with Crippen LogP contribution in [0.15, 0.2) is 33.1 Å². The summed E-state index contributed by atoms with van der Waals surface area (Å²) in [4.78, 5) is 15.1. The van der Waals surface area contributed by atoms with E-state index in [0.717, 1.165) is 50.8 Å². The summed E-state index contributed by atoms with van der Waals surface area (Å²) in [5.41, 5.74) is 1.38. The normalized spacial score (nSPS) is 20.9. The number of nitrogens with zero attached hydrogens (tertiary/aromatic N) is 5. The topological polar surface area (TPSA) is 98.2 Å². The number of rotatable bonds is 11. The Morgan fingerprint density at radius 2 is 1.70 bits per heavy atom. The number of aryl methyl sites for hydroxylation is 1. The van der Waals surface area contributed by atoms with Crippen molar-refractivity contribution in [3.8, 4) is 11.5 Å². The monoisotopic (exact) mass is 511 g/mol. The highest BCUT2D eigenvalue weighted by atomic mass is 19.3. The molecule has 6 rings (SSSR count). The van der Waals surface area contributed by atoms with Crippen LogP contribution >= 0.6 is 0 Å². The average Bonchev–Trinajstić information content (AvgIpc) is 3.80. The van der Waals surface area contributed by atoms with E-state index in [-0.39, 0.29) is 18.7 Å². The van der Waals surface area contributed by atoms with Gasteiger partial charge >= 0.3 is 0 Å². The smallest absolute Gasteiger partial charge is 0.248 e. The molecule has 2 aromatic heterocycles. The van der Waals surface area contributed by atoms with Gasteiger partial charge in [-0.15, -0.1) is 20.4 Å². The zero-order valence-electron chi connectivity index (χ0n) is 20.7. The van der Waals surface area contributed by atoms with Gasteiger partial charge in [0.05, 0.1) is 0 Å². The molecule has 3 aliphatic carbocycles. The van der Waals surface area contributed by atoms with E-state index in [0.29, 0.717) is 53.7 Å². The lowest BCUT2D eigenvalue weighted by Crippen LogP contribution is -2.36. The SMILES string of the molecule is O=C(C1CCC(F)(F)C1)N(CCCCCc1nnc(C2CC2)o1)c1cccc(-c2nnc(C3CC3)o2)c1. The van der Waals surface area contributed by atoms with E-state index >= 15 is 0 Å². The van der Waals surface area contributed by atoms with Gasteiger partial charge in [-0.3, -0.25) is 4.79 Å². The highest BCUT2D eigenvalue weighted by molar-refractivity contribution is 5.95. The number of hydrogen-bond acceptors (Lipinski definition) is 7. The van der Waals surface area contributed by atoms with Crippen LogP contribution < -0.4 is 4.90 Å². The van der Waals surface area contributed by atoms with E-state index in [4.69, 9.17) is 8.83 Å². The lowest BCUT2D eigenvalue weighted by atomic mass is 10.0. The Bertz CT molecular complexity index is 1250. The molecule has 8 nitrogen and oxygen atoms in total. The number of hydrogen-bond donors (Lipinski definition) is 0. The number of halogens is 2. The molecule has 1 amide bonds. The standard InChI is InChI=1S/C27H31F2N5O3/c28-27(29)13-12-20(16-27)26(35)34(14-3-1-2-7-22-30-31-23(36-22)17-8-9-17)21-6-4-5-19(15-21)25-33-32-24(37-25)18-10-11-18/h4-6,15,17-18,20H,1-3,7-14,16H2. The first-order valence-electron chi connectivity index (χ1n) is 13.4. The zero-order chi connectivity index (χ0) is 25.4. The Hall–Kier alpha value is -3.17. The number of carbonyl (C=O) groups excluding carboxylic acids is 1. The third kappa shape index (κ3) is 5.72. The van der Waals surface area contributed by atoms with Gasteiger partial charge in [0.1, 0.15) is 0 Å². The van der Waals surface area contributed by atoms with Crippen LogP contribution in [0.25, 0.3) is 11.5 Å². The first kappa shape index (κ1) is 24.2. The minimum absolute atomic E-state index is 0.205.